The molecule has 152 valence electrons. The standard InChI is InChI=1S/C19H19Cl4N2O2.ClH/c1-12-5-7-13(8-6-12)18(27)25(23,19(2,3)4)24(22)17(26)15-10-9-14(20)11-16(15)21;/h5-11H,1-4H3;1H/q+1;. The van der Waals surface area contributed by atoms with Crippen molar-refractivity contribution >= 4 is 71.0 Å². The molecule has 0 aromatic heterocycles. The number of carbonyl (C=O) groups is 2. The summed E-state index contributed by atoms with van der Waals surface area (Å²) in [6, 6.07) is 11.2. The Kier molecular flexibility index (Phi) is 8.23. The van der Waals surface area contributed by atoms with Crippen molar-refractivity contribution in [2.75, 3.05) is 0 Å². The van der Waals surface area contributed by atoms with Gasteiger partial charge in [-0.3, -0.25) is 4.79 Å². The van der Waals surface area contributed by atoms with Gasteiger partial charge in [0.2, 0.25) is 11.8 Å². The Morgan fingerprint density at radius 3 is 2.00 bits per heavy atom. The maximum Gasteiger partial charge on any atom is 0.390 e. The molecular formula is C19H20Cl5N2O2+. The molecule has 0 aliphatic rings. The van der Waals surface area contributed by atoms with Gasteiger partial charge in [-0.25, -0.2) is 4.79 Å². The van der Waals surface area contributed by atoms with Gasteiger partial charge < -0.3 is 0 Å². The summed E-state index contributed by atoms with van der Waals surface area (Å²) in [6.45, 7) is 7.02. The number of quaternary nitrogens is 1. The van der Waals surface area contributed by atoms with E-state index in [2.05, 4.69) is 0 Å². The molecule has 1 atom stereocenters. The second kappa shape index (κ2) is 9.21. The molecule has 0 bridgehead atoms. The first kappa shape index (κ1) is 25.0. The highest BCUT2D eigenvalue weighted by atomic mass is 35.5. The fourth-order valence-electron chi connectivity index (χ4n) is 2.40. The molecule has 28 heavy (non-hydrogen) atoms. The Bertz CT molecular complexity index is 881. The van der Waals surface area contributed by atoms with Crippen molar-refractivity contribution in [3.63, 3.8) is 0 Å². The minimum atomic E-state index is -1.00. The first-order valence-electron chi connectivity index (χ1n) is 8.05. The largest absolute Gasteiger partial charge is 0.390 e. The van der Waals surface area contributed by atoms with Gasteiger partial charge in [0.25, 0.3) is 0 Å². The topological polar surface area (TPSA) is 37.4 Å². The first-order chi connectivity index (χ1) is 12.4. The van der Waals surface area contributed by atoms with E-state index in [9.17, 15) is 9.59 Å². The van der Waals surface area contributed by atoms with E-state index in [1.54, 1.807) is 45.0 Å². The molecule has 1 unspecified atom stereocenters. The number of hydrogen-bond acceptors (Lipinski definition) is 2. The van der Waals surface area contributed by atoms with Gasteiger partial charge in [0.1, 0.15) is 5.54 Å². The van der Waals surface area contributed by atoms with Crippen molar-refractivity contribution in [3.8, 4) is 0 Å². The lowest BCUT2D eigenvalue weighted by atomic mass is 10.1. The third-order valence-corrected chi connectivity index (χ3v) is 5.84. The predicted molar refractivity (Wildman–Crippen MR) is 117 cm³/mol. The van der Waals surface area contributed by atoms with Gasteiger partial charge in [-0.1, -0.05) is 45.4 Å². The lowest BCUT2D eigenvalue weighted by Gasteiger charge is -2.40. The minimum absolute atomic E-state index is 0. The van der Waals surface area contributed by atoms with E-state index in [1.165, 1.54) is 18.2 Å². The van der Waals surface area contributed by atoms with Gasteiger partial charge in [-0.2, -0.15) is 0 Å². The molecule has 0 spiro atoms. The quantitative estimate of drug-likeness (QED) is 0.345. The number of amides is 2. The number of hydrogen-bond donors (Lipinski definition) is 0. The van der Waals surface area contributed by atoms with Crippen LogP contribution in [0.25, 0.3) is 0 Å². The van der Waals surface area contributed by atoms with Crippen molar-refractivity contribution in [1.82, 2.24) is 4.53 Å². The van der Waals surface area contributed by atoms with Gasteiger partial charge in [0.05, 0.1) is 27.9 Å². The van der Waals surface area contributed by atoms with Crippen LogP contribution in [0, 0.1) is 6.92 Å². The molecule has 0 N–H and O–H groups in total. The zero-order chi connectivity index (χ0) is 20.6. The summed E-state index contributed by atoms with van der Waals surface area (Å²) < 4.78 is -0.339. The molecule has 0 heterocycles. The van der Waals surface area contributed by atoms with Crippen LogP contribution in [0.3, 0.4) is 0 Å². The average molecular weight is 486 g/mol. The highest BCUT2D eigenvalue weighted by Crippen LogP contribution is 2.37. The fraction of sp³-hybridized carbons (Fsp3) is 0.263. The van der Waals surface area contributed by atoms with Crippen LogP contribution in [0.2, 0.25) is 10.0 Å². The molecule has 2 amide bonds. The third kappa shape index (κ3) is 4.76. The number of benzene rings is 2. The number of aryl methyl sites for hydroxylation is 1. The van der Waals surface area contributed by atoms with E-state index in [4.69, 9.17) is 46.8 Å². The molecule has 0 radical (unpaired) electrons. The fourth-order valence-corrected chi connectivity index (χ4v) is 3.44. The maximum atomic E-state index is 13.2. The molecule has 2 aromatic carbocycles. The molecule has 0 saturated heterocycles. The smallest absolute Gasteiger partial charge is 0.262 e. The summed E-state index contributed by atoms with van der Waals surface area (Å²) >= 11 is 25.1. The van der Waals surface area contributed by atoms with Crippen LogP contribution >= 0.6 is 59.2 Å². The Morgan fingerprint density at radius 2 is 1.54 bits per heavy atom. The number of carbonyl (C=O) groups excluding carboxylic acids is 2. The van der Waals surface area contributed by atoms with Crippen LogP contribution in [-0.4, -0.2) is 26.0 Å². The SMILES string of the molecule is Cc1ccc(C(=O)[N+](Cl)(N(Cl)C(=O)c2ccc(Cl)cc2Cl)C(C)(C)C)cc1.Cl. The second-order valence-corrected chi connectivity index (χ2v) is 8.74. The van der Waals surface area contributed by atoms with E-state index < -0.39 is 21.5 Å². The monoisotopic (exact) mass is 483 g/mol. The van der Waals surface area contributed by atoms with E-state index >= 15 is 0 Å². The molecule has 2 aromatic rings. The summed E-state index contributed by atoms with van der Waals surface area (Å²) in [5.41, 5.74) is 0.452. The minimum Gasteiger partial charge on any atom is -0.262 e. The number of nitrogens with zero attached hydrogens (tertiary/aromatic N) is 2. The third-order valence-electron chi connectivity index (χ3n) is 4.03. The summed E-state index contributed by atoms with van der Waals surface area (Å²) in [6.07, 6.45) is 0. The summed E-state index contributed by atoms with van der Waals surface area (Å²) in [4.78, 5) is 26.2. The van der Waals surface area contributed by atoms with Crippen LogP contribution in [0.1, 0.15) is 47.1 Å². The van der Waals surface area contributed by atoms with Crippen molar-refractivity contribution in [2.24, 2.45) is 0 Å². The van der Waals surface area contributed by atoms with Crippen molar-refractivity contribution < 1.29 is 13.7 Å². The van der Waals surface area contributed by atoms with Crippen LogP contribution < -0.4 is 0 Å². The van der Waals surface area contributed by atoms with Gasteiger partial charge in [0.15, 0.2) is 0 Å². The maximum absolute atomic E-state index is 13.2. The Balaban J connectivity index is 0.00000392. The molecular weight excluding hydrogens is 465 g/mol. The Morgan fingerprint density at radius 1 is 1.00 bits per heavy atom. The Hall–Kier alpha value is -1.01. The van der Waals surface area contributed by atoms with Gasteiger partial charge in [0, 0.05) is 5.02 Å². The highest BCUT2D eigenvalue weighted by molar-refractivity contribution is 6.37. The van der Waals surface area contributed by atoms with Crippen LogP contribution in [0.4, 0.5) is 0 Å². The summed E-state index contributed by atoms with van der Waals surface area (Å²) in [7, 11) is 0. The Labute approximate surface area is 191 Å². The van der Waals surface area contributed by atoms with Crippen LogP contribution in [0.5, 0.6) is 0 Å². The summed E-state index contributed by atoms with van der Waals surface area (Å²) in [5.74, 6) is -1.26. The normalized spacial score (nSPS) is 13.3. The van der Waals surface area contributed by atoms with E-state index in [0.29, 0.717) is 15.1 Å². The van der Waals surface area contributed by atoms with Crippen LogP contribution in [-0.2, 0) is 0 Å². The highest BCUT2D eigenvalue weighted by Gasteiger charge is 2.56. The second-order valence-electron chi connectivity index (χ2n) is 7.09. The van der Waals surface area contributed by atoms with Gasteiger partial charge >= 0.3 is 11.8 Å². The lowest BCUT2D eigenvalue weighted by Crippen LogP contribution is -2.64. The first-order valence-corrected chi connectivity index (χ1v) is 9.49. The molecule has 4 nitrogen and oxygen atoms in total. The zero-order valence-corrected chi connectivity index (χ0v) is 19.5. The number of rotatable bonds is 2. The van der Waals surface area contributed by atoms with Crippen molar-refractivity contribution in [3.05, 3.63) is 69.2 Å². The van der Waals surface area contributed by atoms with Gasteiger partial charge in [-0.05, 0) is 62.1 Å². The molecule has 0 saturated carbocycles. The van der Waals surface area contributed by atoms with Crippen LogP contribution in [0.15, 0.2) is 42.5 Å². The molecule has 0 fully saturated rings. The summed E-state index contributed by atoms with van der Waals surface area (Å²) in [5, 5.41) is 0.480. The molecule has 9 heteroatoms. The van der Waals surface area contributed by atoms with Gasteiger partial charge in [-0.15, -0.1) is 12.4 Å². The molecule has 2 rings (SSSR count). The lowest BCUT2D eigenvalue weighted by molar-refractivity contribution is -0.871. The van der Waals surface area contributed by atoms with E-state index in [1.807, 2.05) is 6.92 Å². The number of halogens is 5. The van der Waals surface area contributed by atoms with Crippen molar-refractivity contribution in [2.45, 2.75) is 33.2 Å². The molecule has 0 aliphatic carbocycles. The van der Waals surface area contributed by atoms with E-state index in [-0.39, 0.29) is 23.0 Å². The zero-order valence-electron chi connectivity index (χ0n) is 15.7. The van der Waals surface area contributed by atoms with E-state index in [0.717, 1.165) is 5.56 Å². The molecule has 0 aliphatic heterocycles. The average Bonchev–Trinajstić information content (AvgIpc) is 2.59. The van der Waals surface area contributed by atoms with Crippen molar-refractivity contribution in [1.29, 1.82) is 0 Å². The predicted octanol–water partition coefficient (Wildman–Crippen LogP) is 6.84.